The van der Waals surface area contributed by atoms with Crippen LogP contribution in [0.2, 0.25) is 5.02 Å². The summed E-state index contributed by atoms with van der Waals surface area (Å²) in [5, 5.41) is 0.373. The molecule has 0 bridgehead atoms. The van der Waals surface area contributed by atoms with Crippen LogP contribution in [-0.4, -0.2) is 43.7 Å². The first kappa shape index (κ1) is 22.9. The van der Waals surface area contributed by atoms with Gasteiger partial charge in [-0.05, 0) is 50.9 Å². The number of unbranched alkanes of at least 4 members (excludes halogenated alkanes) is 2. The molecule has 158 valence electrons. The molecule has 1 aromatic carbocycles. The molecular weight excluding hydrogens is 401 g/mol. The largest absolute Gasteiger partial charge is 0.486 e. The van der Waals surface area contributed by atoms with Gasteiger partial charge in [-0.2, -0.15) is 0 Å². The number of fused-ring (bicyclic) bond motifs is 1. The van der Waals surface area contributed by atoms with Crippen molar-refractivity contribution in [1.82, 2.24) is 4.90 Å². The topological polar surface area (TPSA) is 90.8 Å². The molecule has 0 radical (unpaired) electrons. The first-order valence-corrected chi connectivity index (χ1v) is 10.3. The van der Waals surface area contributed by atoms with E-state index >= 15 is 0 Å². The van der Waals surface area contributed by atoms with Gasteiger partial charge in [0.25, 0.3) is 0 Å². The number of rotatable bonds is 7. The zero-order valence-electron chi connectivity index (χ0n) is 16.4. The molecule has 1 fully saturated rings. The van der Waals surface area contributed by atoms with Gasteiger partial charge in [-0.1, -0.05) is 31.4 Å². The van der Waals surface area contributed by atoms with Gasteiger partial charge < -0.3 is 25.8 Å². The van der Waals surface area contributed by atoms with E-state index in [1.54, 1.807) is 6.07 Å². The fraction of sp³-hybridized carbons (Fsp3) is 0.650. The van der Waals surface area contributed by atoms with Crippen LogP contribution in [0.3, 0.4) is 0 Å². The van der Waals surface area contributed by atoms with Crippen molar-refractivity contribution in [1.29, 1.82) is 0 Å². The predicted molar refractivity (Wildman–Crippen MR) is 115 cm³/mol. The Hall–Kier alpha value is -1.37. The zero-order chi connectivity index (χ0) is 19.4. The summed E-state index contributed by atoms with van der Waals surface area (Å²) in [7, 11) is 0. The van der Waals surface area contributed by atoms with E-state index in [-0.39, 0.29) is 24.2 Å². The smallest absolute Gasteiger partial charge is 0.225 e. The number of piperidine rings is 1. The van der Waals surface area contributed by atoms with Gasteiger partial charge in [0.2, 0.25) is 5.91 Å². The molecule has 6 nitrogen and oxygen atoms in total. The summed E-state index contributed by atoms with van der Waals surface area (Å²) in [4.78, 5) is 14.9. The Labute approximate surface area is 178 Å². The maximum Gasteiger partial charge on any atom is 0.225 e. The summed E-state index contributed by atoms with van der Waals surface area (Å²) in [6.45, 7) is 6.15. The molecule has 0 saturated carbocycles. The predicted octanol–water partition coefficient (Wildman–Crippen LogP) is 3.59. The van der Waals surface area contributed by atoms with Crippen molar-refractivity contribution in [2.24, 2.45) is 11.7 Å². The van der Waals surface area contributed by atoms with Gasteiger partial charge in [0.1, 0.15) is 13.2 Å². The van der Waals surface area contributed by atoms with Gasteiger partial charge in [0.15, 0.2) is 11.5 Å². The molecule has 1 aromatic rings. The molecule has 1 amide bonds. The number of carbonyl (C=O) groups excluding carboxylic acids is 1. The van der Waals surface area contributed by atoms with E-state index in [1.165, 1.54) is 19.3 Å². The average Bonchev–Trinajstić information content (AvgIpc) is 2.67. The van der Waals surface area contributed by atoms with Crippen molar-refractivity contribution in [3.05, 3.63) is 16.7 Å². The standard InChI is InChI=1S/C20H30ClN3O3.ClH/c1-2-3-4-7-24-8-5-13(6-9-24)16(20(23)25)14-12-15(21)17(22)19-18(14)26-10-11-27-19;/h12-13,16H,2-11,22H2,1H3,(H2,23,25);1H. The van der Waals surface area contributed by atoms with E-state index < -0.39 is 5.92 Å². The number of benzene rings is 1. The molecule has 28 heavy (non-hydrogen) atoms. The van der Waals surface area contributed by atoms with E-state index in [1.807, 2.05) is 0 Å². The van der Waals surface area contributed by atoms with Crippen molar-refractivity contribution in [3.8, 4) is 11.5 Å². The fourth-order valence-corrected chi connectivity index (χ4v) is 4.39. The number of hydrogen-bond donors (Lipinski definition) is 2. The first-order chi connectivity index (χ1) is 13.0. The van der Waals surface area contributed by atoms with Gasteiger partial charge >= 0.3 is 0 Å². The lowest BCUT2D eigenvalue weighted by molar-refractivity contribution is -0.121. The highest BCUT2D eigenvalue weighted by molar-refractivity contribution is 6.33. The minimum Gasteiger partial charge on any atom is -0.486 e. The summed E-state index contributed by atoms with van der Waals surface area (Å²) in [6.07, 6.45) is 5.57. The van der Waals surface area contributed by atoms with Crippen molar-refractivity contribution in [3.63, 3.8) is 0 Å². The molecular formula is C20H31Cl2N3O3. The second-order valence-corrected chi connectivity index (χ2v) is 7.89. The summed E-state index contributed by atoms with van der Waals surface area (Å²) >= 11 is 6.31. The number of hydrogen-bond acceptors (Lipinski definition) is 5. The van der Waals surface area contributed by atoms with E-state index in [0.29, 0.717) is 41.0 Å². The van der Waals surface area contributed by atoms with Gasteiger partial charge in [-0.25, -0.2) is 0 Å². The summed E-state index contributed by atoms with van der Waals surface area (Å²) in [5.41, 5.74) is 12.9. The quantitative estimate of drug-likeness (QED) is 0.508. The number of carbonyl (C=O) groups is 1. The van der Waals surface area contributed by atoms with Crippen LogP contribution in [0.1, 0.15) is 50.5 Å². The molecule has 8 heteroatoms. The highest BCUT2D eigenvalue weighted by Crippen LogP contribution is 2.48. The summed E-state index contributed by atoms with van der Waals surface area (Å²) < 4.78 is 11.5. The van der Waals surface area contributed by atoms with Gasteiger partial charge in [0.05, 0.1) is 16.6 Å². The molecule has 1 saturated heterocycles. The minimum atomic E-state index is -0.448. The SMILES string of the molecule is CCCCCN1CCC(C(C(N)=O)c2cc(Cl)c(N)c3c2OCCO3)CC1.Cl. The number of nitrogens with two attached hydrogens (primary N) is 2. The molecule has 2 aliphatic heterocycles. The summed E-state index contributed by atoms with van der Waals surface area (Å²) in [6, 6.07) is 1.73. The molecule has 4 N–H and O–H groups in total. The number of anilines is 1. The van der Waals surface area contributed by atoms with E-state index in [0.717, 1.165) is 32.5 Å². The van der Waals surface area contributed by atoms with Crippen LogP contribution in [-0.2, 0) is 4.79 Å². The van der Waals surface area contributed by atoms with Crippen LogP contribution in [0.5, 0.6) is 11.5 Å². The molecule has 0 spiro atoms. The molecule has 1 unspecified atom stereocenters. The minimum absolute atomic E-state index is 0. The number of amides is 1. The highest BCUT2D eigenvalue weighted by atomic mass is 35.5. The number of nitrogens with zero attached hydrogens (tertiary/aromatic N) is 1. The monoisotopic (exact) mass is 431 g/mol. The lowest BCUT2D eigenvalue weighted by atomic mass is 9.79. The molecule has 0 aromatic heterocycles. The molecule has 0 aliphatic carbocycles. The molecule has 1 atom stereocenters. The van der Waals surface area contributed by atoms with Crippen LogP contribution in [0.4, 0.5) is 5.69 Å². The van der Waals surface area contributed by atoms with Crippen LogP contribution in [0, 0.1) is 5.92 Å². The maximum atomic E-state index is 12.4. The van der Waals surface area contributed by atoms with E-state index in [4.69, 9.17) is 32.5 Å². The van der Waals surface area contributed by atoms with Crippen molar-refractivity contribution < 1.29 is 14.3 Å². The van der Waals surface area contributed by atoms with Gasteiger partial charge in [0, 0.05) is 5.56 Å². The second-order valence-electron chi connectivity index (χ2n) is 7.48. The normalized spacial score (nSPS) is 18.4. The Morgan fingerprint density at radius 2 is 1.89 bits per heavy atom. The summed E-state index contributed by atoms with van der Waals surface area (Å²) in [5.74, 6) is 0.330. The second kappa shape index (κ2) is 10.4. The third-order valence-corrected chi connectivity index (χ3v) is 5.96. The zero-order valence-corrected chi connectivity index (χ0v) is 18.0. The van der Waals surface area contributed by atoms with Crippen LogP contribution in [0.15, 0.2) is 6.07 Å². The Kier molecular flexibility index (Phi) is 8.53. The molecule has 3 rings (SSSR count). The van der Waals surface area contributed by atoms with Crippen LogP contribution in [0.25, 0.3) is 0 Å². The lowest BCUT2D eigenvalue weighted by Gasteiger charge is -2.36. The third-order valence-electron chi connectivity index (χ3n) is 5.65. The Morgan fingerprint density at radius 3 is 2.50 bits per heavy atom. The number of likely N-dealkylation sites (tertiary alicyclic amines) is 1. The number of nitrogen functional groups attached to an aromatic ring is 1. The van der Waals surface area contributed by atoms with Crippen molar-refractivity contribution in [2.75, 3.05) is 38.6 Å². The van der Waals surface area contributed by atoms with Crippen molar-refractivity contribution in [2.45, 2.75) is 44.9 Å². The molecule has 2 heterocycles. The highest BCUT2D eigenvalue weighted by Gasteiger charge is 2.36. The number of primary amides is 1. The number of ether oxygens (including phenoxy) is 2. The Bertz CT molecular complexity index is 679. The van der Waals surface area contributed by atoms with Crippen LogP contribution < -0.4 is 20.9 Å². The van der Waals surface area contributed by atoms with E-state index in [2.05, 4.69) is 11.8 Å². The fourth-order valence-electron chi connectivity index (χ4n) is 4.19. The number of halogens is 2. The lowest BCUT2D eigenvalue weighted by Crippen LogP contribution is -2.39. The first-order valence-electron chi connectivity index (χ1n) is 9.92. The maximum absolute atomic E-state index is 12.4. The Morgan fingerprint density at radius 1 is 1.25 bits per heavy atom. The Balaban J connectivity index is 0.00000280. The van der Waals surface area contributed by atoms with Crippen molar-refractivity contribution >= 4 is 35.6 Å². The molecule has 2 aliphatic rings. The van der Waals surface area contributed by atoms with Gasteiger partial charge in [-0.3, -0.25) is 4.79 Å². The average molecular weight is 432 g/mol. The third kappa shape index (κ3) is 4.97. The van der Waals surface area contributed by atoms with E-state index in [9.17, 15) is 4.79 Å². The van der Waals surface area contributed by atoms with Crippen LogP contribution >= 0.6 is 24.0 Å². The van der Waals surface area contributed by atoms with Gasteiger partial charge in [-0.15, -0.1) is 12.4 Å².